The summed E-state index contributed by atoms with van der Waals surface area (Å²) >= 11 is 0. The number of rotatable bonds is 6. The maximum atomic E-state index is 9.68. The Kier molecular flexibility index (Phi) is 4.96. The molecule has 0 bridgehead atoms. The second-order valence-corrected chi connectivity index (χ2v) is 4.31. The van der Waals surface area contributed by atoms with E-state index in [9.17, 15) is 5.11 Å². The SMILES string of the molecule is CCCCNc1cc(NC(C)C)ccc1O. The predicted octanol–water partition coefficient (Wildman–Crippen LogP) is 3.42. The first-order valence-electron chi connectivity index (χ1n) is 5.97. The maximum absolute atomic E-state index is 9.68. The summed E-state index contributed by atoms with van der Waals surface area (Å²) in [4.78, 5) is 0. The zero-order valence-electron chi connectivity index (χ0n) is 10.4. The number of hydrogen-bond donors (Lipinski definition) is 3. The van der Waals surface area contributed by atoms with Gasteiger partial charge in [-0.25, -0.2) is 0 Å². The van der Waals surface area contributed by atoms with Crippen molar-refractivity contribution in [3.8, 4) is 5.75 Å². The number of anilines is 2. The van der Waals surface area contributed by atoms with Gasteiger partial charge in [-0.1, -0.05) is 13.3 Å². The van der Waals surface area contributed by atoms with Gasteiger partial charge in [-0.05, 0) is 38.5 Å². The highest BCUT2D eigenvalue weighted by molar-refractivity contribution is 5.64. The van der Waals surface area contributed by atoms with E-state index < -0.39 is 0 Å². The summed E-state index contributed by atoms with van der Waals surface area (Å²) in [6, 6.07) is 5.96. The molecule has 90 valence electrons. The van der Waals surface area contributed by atoms with Crippen LogP contribution >= 0.6 is 0 Å². The van der Waals surface area contributed by atoms with Crippen molar-refractivity contribution in [3.05, 3.63) is 18.2 Å². The van der Waals surface area contributed by atoms with E-state index in [4.69, 9.17) is 0 Å². The molecule has 3 heteroatoms. The molecular formula is C13H22N2O. The van der Waals surface area contributed by atoms with Crippen molar-refractivity contribution in [3.63, 3.8) is 0 Å². The average molecular weight is 222 g/mol. The lowest BCUT2D eigenvalue weighted by molar-refractivity contribution is 0.477. The molecule has 16 heavy (non-hydrogen) atoms. The number of aromatic hydroxyl groups is 1. The lowest BCUT2D eigenvalue weighted by Crippen LogP contribution is -2.10. The first kappa shape index (κ1) is 12.7. The zero-order chi connectivity index (χ0) is 12.0. The summed E-state index contributed by atoms with van der Waals surface area (Å²) in [5.41, 5.74) is 1.84. The Balaban J connectivity index is 2.66. The van der Waals surface area contributed by atoms with Crippen LogP contribution in [-0.2, 0) is 0 Å². The first-order valence-corrected chi connectivity index (χ1v) is 5.97. The molecule has 0 aliphatic heterocycles. The second-order valence-electron chi connectivity index (χ2n) is 4.31. The van der Waals surface area contributed by atoms with Crippen molar-refractivity contribution in [2.75, 3.05) is 17.2 Å². The van der Waals surface area contributed by atoms with Gasteiger partial charge in [0.25, 0.3) is 0 Å². The van der Waals surface area contributed by atoms with Crippen LogP contribution in [0.4, 0.5) is 11.4 Å². The lowest BCUT2D eigenvalue weighted by atomic mass is 10.2. The Hall–Kier alpha value is -1.38. The zero-order valence-corrected chi connectivity index (χ0v) is 10.4. The summed E-state index contributed by atoms with van der Waals surface area (Å²) in [6.45, 7) is 7.24. The Morgan fingerprint density at radius 3 is 2.69 bits per heavy atom. The van der Waals surface area contributed by atoms with Crippen molar-refractivity contribution < 1.29 is 5.11 Å². The molecule has 0 aromatic heterocycles. The predicted molar refractivity (Wildman–Crippen MR) is 70.3 cm³/mol. The summed E-state index contributed by atoms with van der Waals surface area (Å²) in [6.07, 6.45) is 2.26. The van der Waals surface area contributed by atoms with Gasteiger partial charge in [0.2, 0.25) is 0 Å². The van der Waals surface area contributed by atoms with Gasteiger partial charge in [0.15, 0.2) is 0 Å². The van der Waals surface area contributed by atoms with Crippen molar-refractivity contribution in [1.29, 1.82) is 0 Å². The molecular weight excluding hydrogens is 200 g/mol. The highest BCUT2D eigenvalue weighted by atomic mass is 16.3. The Morgan fingerprint density at radius 2 is 2.06 bits per heavy atom. The third-order valence-electron chi connectivity index (χ3n) is 2.30. The van der Waals surface area contributed by atoms with Crippen LogP contribution in [0.5, 0.6) is 5.75 Å². The standard InChI is InChI=1S/C13H22N2O/c1-4-5-8-14-12-9-11(15-10(2)3)6-7-13(12)16/h6-7,9-10,14-16H,4-5,8H2,1-3H3. The molecule has 1 rings (SSSR count). The van der Waals surface area contributed by atoms with Crippen molar-refractivity contribution >= 4 is 11.4 Å². The van der Waals surface area contributed by atoms with Crippen LogP contribution in [0.2, 0.25) is 0 Å². The van der Waals surface area contributed by atoms with Crippen LogP contribution in [0, 0.1) is 0 Å². The number of phenols is 1. The molecule has 0 saturated carbocycles. The van der Waals surface area contributed by atoms with E-state index in [1.165, 1.54) is 0 Å². The molecule has 3 nitrogen and oxygen atoms in total. The number of phenolic OH excluding ortho intramolecular Hbond substituents is 1. The van der Waals surface area contributed by atoms with E-state index in [0.717, 1.165) is 30.8 Å². The van der Waals surface area contributed by atoms with Crippen LogP contribution in [0.25, 0.3) is 0 Å². The van der Waals surface area contributed by atoms with Crippen LogP contribution in [-0.4, -0.2) is 17.7 Å². The normalized spacial score (nSPS) is 10.5. The third-order valence-corrected chi connectivity index (χ3v) is 2.30. The second kappa shape index (κ2) is 6.26. The highest BCUT2D eigenvalue weighted by Crippen LogP contribution is 2.26. The number of nitrogens with one attached hydrogen (secondary N) is 2. The van der Waals surface area contributed by atoms with Gasteiger partial charge >= 0.3 is 0 Å². The van der Waals surface area contributed by atoms with E-state index in [2.05, 4.69) is 31.4 Å². The van der Waals surface area contributed by atoms with E-state index in [1.807, 2.05) is 12.1 Å². The molecule has 0 amide bonds. The highest BCUT2D eigenvalue weighted by Gasteiger charge is 2.02. The topological polar surface area (TPSA) is 44.3 Å². The molecule has 0 unspecified atom stereocenters. The molecule has 1 aromatic carbocycles. The number of benzene rings is 1. The van der Waals surface area contributed by atoms with Crippen LogP contribution in [0.3, 0.4) is 0 Å². The Labute approximate surface area is 97.9 Å². The summed E-state index contributed by atoms with van der Waals surface area (Å²) < 4.78 is 0. The maximum Gasteiger partial charge on any atom is 0.138 e. The van der Waals surface area contributed by atoms with Crippen molar-refractivity contribution in [2.24, 2.45) is 0 Å². The molecule has 0 radical (unpaired) electrons. The molecule has 1 aromatic rings. The average Bonchev–Trinajstić information content (AvgIpc) is 2.22. The van der Waals surface area contributed by atoms with Gasteiger partial charge in [-0.15, -0.1) is 0 Å². The monoisotopic (exact) mass is 222 g/mol. The van der Waals surface area contributed by atoms with Gasteiger partial charge < -0.3 is 15.7 Å². The molecule has 3 N–H and O–H groups in total. The Morgan fingerprint density at radius 1 is 1.31 bits per heavy atom. The van der Waals surface area contributed by atoms with Crippen molar-refractivity contribution in [2.45, 2.75) is 39.7 Å². The van der Waals surface area contributed by atoms with E-state index in [-0.39, 0.29) is 0 Å². The van der Waals surface area contributed by atoms with Crippen LogP contribution in [0.1, 0.15) is 33.6 Å². The van der Waals surface area contributed by atoms with Gasteiger partial charge in [0.05, 0.1) is 5.69 Å². The van der Waals surface area contributed by atoms with Gasteiger partial charge in [-0.2, -0.15) is 0 Å². The minimum Gasteiger partial charge on any atom is -0.506 e. The minimum absolute atomic E-state index is 0.311. The molecule has 0 saturated heterocycles. The minimum atomic E-state index is 0.311. The van der Waals surface area contributed by atoms with Crippen molar-refractivity contribution in [1.82, 2.24) is 0 Å². The molecule has 0 spiro atoms. The van der Waals surface area contributed by atoms with Gasteiger partial charge in [0, 0.05) is 18.3 Å². The fourth-order valence-corrected chi connectivity index (χ4v) is 1.50. The third kappa shape index (κ3) is 4.01. The van der Waals surface area contributed by atoms with E-state index in [1.54, 1.807) is 6.07 Å². The molecule has 0 aliphatic carbocycles. The van der Waals surface area contributed by atoms with E-state index >= 15 is 0 Å². The summed E-state index contributed by atoms with van der Waals surface area (Å²) in [7, 11) is 0. The van der Waals surface area contributed by atoms with E-state index in [0.29, 0.717) is 11.8 Å². The molecule has 0 fully saturated rings. The summed E-state index contributed by atoms with van der Waals surface area (Å²) in [5.74, 6) is 0.311. The molecule has 0 aliphatic rings. The molecule has 0 atom stereocenters. The van der Waals surface area contributed by atoms with Crippen LogP contribution < -0.4 is 10.6 Å². The fraction of sp³-hybridized carbons (Fsp3) is 0.538. The van der Waals surface area contributed by atoms with Crippen LogP contribution in [0.15, 0.2) is 18.2 Å². The quantitative estimate of drug-likeness (QED) is 0.392. The largest absolute Gasteiger partial charge is 0.506 e. The molecule has 0 heterocycles. The fourth-order valence-electron chi connectivity index (χ4n) is 1.50. The summed E-state index contributed by atoms with van der Waals surface area (Å²) in [5, 5.41) is 16.2. The van der Waals surface area contributed by atoms with Gasteiger partial charge in [-0.3, -0.25) is 0 Å². The number of unbranched alkanes of at least 4 members (excludes halogenated alkanes) is 1. The van der Waals surface area contributed by atoms with Gasteiger partial charge in [0.1, 0.15) is 5.75 Å². The number of hydrogen-bond acceptors (Lipinski definition) is 3. The first-order chi connectivity index (χ1) is 7.63. The smallest absolute Gasteiger partial charge is 0.138 e. The Bertz CT molecular complexity index is 324. The lowest BCUT2D eigenvalue weighted by Gasteiger charge is -2.13.